The molecular weight excluding hydrogens is 283 g/mol. The number of pyridine rings is 1. The Morgan fingerprint density at radius 1 is 1.35 bits per heavy atom. The summed E-state index contributed by atoms with van der Waals surface area (Å²) < 4.78 is 24.1. The van der Waals surface area contributed by atoms with Gasteiger partial charge in [0.25, 0.3) is 0 Å². The third-order valence-electron chi connectivity index (χ3n) is 2.52. The molecule has 2 aromatic rings. The monoisotopic (exact) mass is 292 g/mol. The smallest absolute Gasteiger partial charge is 0.218 e. The number of aromatic nitrogens is 1. The fourth-order valence-corrected chi connectivity index (χ4v) is 1.71. The number of nitrogens with zero attached hydrogens (tertiary/aromatic N) is 2. The summed E-state index contributed by atoms with van der Waals surface area (Å²) in [5.74, 6) is 0.249. The molecule has 0 aliphatic heterocycles. The summed E-state index contributed by atoms with van der Waals surface area (Å²) in [5.41, 5.74) is 0.576. The van der Waals surface area contributed by atoms with Gasteiger partial charge in [0.05, 0.1) is 13.7 Å². The minimum Gasteiger partial charge on any atom is -0.496 e. The van der Waals surface area contributed by atoms with Crippen molar-refractivity contribution >= 4 is 17.3 Å². The van der Waals surface area contributed by atoms with Crippen molar-refractivity contribution in [2.75, 3.05) is 7.11 Å². The van der Waals surface area contributed by atoms with Gasteiger partial charge in [-0.25, -0.2) is 14.2 Å². The van der Waals surface area contributed by atoms with E-state index in [9.17, 15) is 4.39 Å². The molecule has 0 bridgehead atoms. The van der Waals surface area contributed by atoms with E-state index in [1.54, 1.807) is 12.1 Å². The van der Waals surface area contributed by atoms with E-state index < -0.39 is 5.82 Å². The van der Waals surface area contributed by atoms with Crippen molar-refractivity contribution < 1.29 is 13.9 Å². The van der Waals surface area contributed by atoms with E-state index in [4.69, 9.17) is 27.6 Å². The minimum atomic E-state index is -0.493. The first-order chi connectivity index (χ1) is 9.62. The molecule has 0 unspecified atom stereocenters. The molecule has 1 aromatic heterocycles. The molecule has 0 aliphatic carbocycles. The molecule has 0 atom stereocenters. The van der Waals surface area contributed by atoms with Gasteiger partial charge >= 0.3 is 0 Å². The molecule has 0 fully saturated rings. The molecule has 0 radical (unpaired) electrons. The molecule has 0 aliphatic rings. The van der Waals surface area contributed by atoms with Crippen molar-refractivity contribution in [3.05, 3.63) is 58.3 Å². The average molecular weight is 293 g/mol. The van der Waals surface area contributed by atoms with Crippen LogP contribution in [0.2, 0.25) is 5.15 Å². The van der Waals surface area contributed by atoms with Crippen molar-refractivity contribution in [2.24, 2.45) is 0 Å². The van der Waals surface area contributed by atoms with Gasteiger partial charge in [-0.15, -0.1) is 0 Å². The Kier molecular flexibility index (Phi) is 4.38. The molecule has 20 heavy (non-hydrogen) atoms. The fourth-order valence-electron chi connectivity index (χ4n) is 1.52. The Morgan fingerprint density at radius 2 is 2.15 bits per heavy atom. The molecule has 102 valence electrons. The van der Waals surface area contributed by atoms with Crippen LogP contribution in [-0.4, -0.2) is 12.1 Å². The summed E-state index contributed by atoms with van der Waals surface area (Å²) >= 11 is 5.80. The minimum absolute atomic E-state index is 0.0133. The summed E-state index contributed by atoms with van der Waals surface area (Å²) in [5, 5.41) is 0.225. The fraction of sp³-hybridized carbons (Fsp3) is 0.143. The lowest BCUT2D eigenvalue weighted by Gasteiger charge is -2.08. The van der Waals surface area contributed by atoms with E-state index in [1.165, 1.54) is 19.2 Å². The maximum atomic E-state index is 13.7. The molecule has 0 saturated carbocycles. The number of benzene rings is 1. The van der Waals surface area contributed by atoms with Gasteiger partial charge in [-0.1, -0.05) is 23.7 Å². The molecule has 2 rings (SSSR count). The van der Waals surface area contributed by atoms with Crippen molar-refractivity contribution in [3.63, 3.8) is 0 Å². The predicted octanol–water partition coefficient (Wildman–Crippen LogP) is 4.01. The lowest BCUT2D eigenvalue weighted by Crippen LogP contribution is -2.00. The number of methoxy groups -OCH3 is 1. The highest BCUT2D eigenvalue weighted by atomic mass is 35.5. The second-order valence-electron chi connectivity index (χ2n) is 3.84. The lowest BCUT2D eigenvalue weighted by atomic mass is 10.2. The highest BCUT2D eigenvalue weighted by Gasteiger charge is 2.07. The van der Waals surface area contributed by atoms with Crippen LogP contribution in [0.1, 0.15) is 5.56 Å². The van der Waals surface area contributed by atoms with Gasteiger partial charge in [0.2, 0.25) is 5.88 Å². The average Bonchev–Trinajstić information content (AvgIpc) is 2.45. The van der Waals surface area contributed by atoms with Crippen molar-refractivity contribution in [3.8, 4) is 11.6 Å². The first kappa shape index (κ1) is 14.1. The Balaban J connectivity index is 2.13. The van der Waals surface area contributed by atoms with Crippen molar-refractivity contribution in [1.29, 1.82) is 0 Å². The Hall–Kier alpha value is -2.32. The second kappa shape index (κ2) is 6.22. The molecule has 1 aromatic carbocycles. The molecular formula is C14H10ClFN2O2. The highest BCUT2D eigenvalue weighted by molar-refractivity contribution is 6.29. The molecule has 0 spiro atoms. The molecule has 6 heteroatoms. The summed E-state index contributed by atoms with van der Waals surface area (Å²) in [4.78, 5) is 7.10. The van der Waals surface area contributed by atoms with Gasteiger partial charge in [0, 0.05) is 17.7 Å². The van der Waals surface area contributed by atoms with E-state index in [0.717, 1.165) is 6.07 Å². The van der Waals surface area contributed by atoms with Crippen LogP contribution in [0.5, 0.6) is 11.6 Å². The van der Waals surface area contributed by atoms with Gasteiger partial charge in [0.1, 0.15) is 23.3 Å². The lowest BCUT2D eigenvalue weighted by molar-refractivity contribution is 0.286. The van der Waals surface area contributed by atoms with E-state index in [2.05, 4.69) is 9.83 Å². The van der Waals surface area contributed by atoms with Gasteiger partial charge in [-0.2, -0.15) is 0 Å². The van der Waals surface area contributed by atoms with Crippen LogP contribution in [0.25, 0.3) is 4.85 Å². The van der Waals surface area contributed by atoms with E-state index in [1.807, 2.05) is 0 Å². The maximum absolute atomic E-state index is 13.7. The van der Waals surface area contributed by atoms with Crippen LogP contribution in [0, 0.1) is 12.4 Å². The van der Waals surface area contributed by atoms with Crippen LogP contribution in [0.3, 0.4) is 0 Å². The zero-order valence-electron chi connectivity index (χ0n) is 10.6. The standard InChI is InChI=1S/C14H10ClFN2O2/c1-17-10-4-3-9(12(16)5-10)8-20-14-7-11(19-2)6-13(15)18-14/h3-7H,8H2,2H3. The van der Waals surface area contributed by atoms with E-state index in [-0.39, 0.29) is 23.3 Å². The second-order valence-corrected chi connectivity index (χ2v) is 4.23. The third-order valence-corrected chi connectivity index (χ3v) is 2.71. The first-order valence-corrected chi connectivity index (χ1v) is 6.00. The van der Waals surface area contributed by atoms with Crippen LogP contribution in [0.4, 0.5) is 10.1 Å². The summed E-state index contributed by atoms with van der Waals surface area (Å²) in [6.45, 7) is 6.79. The first-order valence-electron chi connectivity index (χ1n) is 5.62. The van der Waals surface area contributed by atoms with Crippen LogP contribution >= 0.6 is 11.6 Å². The predicted molar refractivity (Wildman–Crippen MR) is 72.8 cm³/mol. The molecule has 0 saturated heterocycles. The van der Waals surface area contributed by atoms with Crippen molar-refractivity contribution in [1.82, 2.24) is 4.98 Å². The topological polar surface area (TPSA) is 35.7 Å². The van der Waals surface area contributed by atoms with Crippen LogP contribution in [-0.2, 0) is 6.61 Å². The summed E-state index contributed by atoms with van der Waals surface area (Å²) in [7, 11) is 1.50. The van der Waals surface area contributed by atoms with Gasteiger partial charge in [-0.3, -0.25) is 0 Å². The number of hydrogen-bond acceptors (Lipinski definition) is 3. The van der Waals surface area contributed by atoms with E-state index in [0.29, 0.717) is 11.3 Å². The number of hydrogen-bond donors (Lipinski definition) is 0. The van der Waals surface area contributed by atoms with E-state index >= 15 is 0 Å². The highest BCUT2D eigenvalue weighted by Crippen LogP contribution is 2.23. The largest absolute Gasteiger partial charge is 0.496 e. The molecule has 0 amide bonds. The van der Waals surface area contributed by atoms with Crippen LogP contribution < -0.4 is 9.47 Å². The van der Waals surface area contributed by atoms with Gasteiger partial charge in [-0.05, 0) is 6.07 Å². The maximum Gasteiger partial charge on any atom is 0.218 e. The number of ether oxygens (including phenoxy) is 2. The normalized spacial score (nSPS) is 9.90. The van der Waals surface area contributed by atoms with Gasteiger partial charge in [0.15, 0.2) is 5.69 Å². The SMILES string of the molecule is [C-]#[N+]c1ccc(COc2cc(OC)cc(Cl)n2)c(F)c1. The number of halogens is 2. The molecule has 4 nitrogen and oxygen atoms in total. The quantitative estimate of drug-likeness (QED) is 0.631. The Labute approximate surface area is 120 Å². The summed E-state index contributed by atoms with van der Waals surface area (Å²) in [6, 6.07) is 7.29. The molecule has 0 N–H and O–H groups in total. The van der Waals surface area contributed by atoms with Crippen molar-refractivity contribution in [2.45, 2.75) is 6.61 Å². The summed E-state index contributed by atoms with van der Waals surface area (Å²) in [6.07, 6.45) is 0. The Morgan fingerprint density at radius 3 is 2.80 bits per heavy atom. The number of rotatable bonds is 4. The third kappa shape index (κ3) is 3.37. The zero-order chi connectivity index (χ0) is 14.5. The zero-order valence-corrected chi connectivity index (χ0v) is 11.3. The van der Waals surface area contributed by atoms with Gasteiger partial charge < -0.3 is 9.47 Å². The van der Waals surface area contributed by atoms with Crippen LogP contribution in [0.15, 0.2) is 30.3 Å². The Bertz CT molecular complexity index is 671. The molecule has 1 heterocycles.